The molecule has 0 N–H and O–H groups in total. The molecule has 1 aromatic rings. The summed E-state index contributed by atoms with van der Waals surface area (Å²) in [6.45, 7) is 2.61. The predicted octanol–water partition coefficient (Wildman–Crippen LogP) is 2.01. The van der Waals surface area contributed by atoms with Crippen LogP contribution in [0.1, 0.15) is 30.7 Å². The zero-order chi connectivity index (χ0) is 16.0. The molecule has 0 unspecified atom stereocenters. The van der Waals surface area contributed by atoms with Crippen LogP contribution in [0, 0.1) is 17.7 Å². The van der Waals surface area contributed by atoms with E-state index in [2.05, 4.69) is 0 Å². The molecule has 1 aromatic carbocycles. The van der Waals surface area contributed by atoms with E-state index in [4.69, 9.17) is 0 Å². The number of nitrogens with zero attached hydrogens (tertiary/aromatic N) is 2. The third-order valence-corrected chi connectivity index (χ3v) is 5.24. The molecule has 2 saturated carbocycles. The summed E-state index contributed by atoms with van der Waals surface area (Å²) in [5, 5.41) is 0. The Hall–Kier alpha value is -1.91. The highest BCUT2D eigenvalue weighted by molar-refractivity contribution is 5.84. The lowest BCUT2D eigenvalue weighted by Crippen LogP contribution is -2.51. The molecule has 1 aliphatic heterocycles. The second-order valence-corrected chi connectivity index (χ2v) is 6.93. The first kappa shape index (κ1) is 14.7. The number of piperazine rings is 1. The number of amides is 2. The molecule has 0 aromatic heterocycles. The van der Waals surface area contributed by atoms with Gasteiger partial charge in [0.1, 0.15) is 5.82 Å². The van der Waals surface area contributed by atoms with Gasteiger partial charge >= 0.3 is 0 Å². The van der Waals surface area contributed by atoms with E-state index >= 15 is 0 Å². The van der Waals surface area contributed by atoms with Crippen LogP contribution in [0.25, 0.3) is 0 Å². The van der Waals surface area contributed by atoms with Crippen molar-refractivity contribution in [3.8, 4) is 0 Å². The first-order valence-electron chi connectivity index (χ1n) is 8.46. The Morgan fingerprint density at radius 3 is 2.04 bits per heavy atom. The molecule has 4 rings (SSSR count). The van der Waals surface area contributed by atoms with Gasteiger partial charge < -0.3 is 9.80 Å². The average molecular weight is 316 g/mol. The molecule has 1 heterocycles. The standard InChI is InChI=1S/C18H21FN2O2/c19-14-5-3-12(4-6-14)15-11-16(15)18(23)21-9-7-20(8-10-21)17(22)13-1-2-13/h3-6,13,15-16H,1-2,7-11H2/t15-,16-/m0/s1. The summed E-state index contributed by atoms with van der Waals surface area (Å²) in [7, 11) is 0. The number of hydrogen-bond acceptors (Lipinski definition) is 2. The predicted molar refractivity (Wildman–Crippen MR) is 83.1 cm³/mol. The van der Waals surface area contributed by atoms with Gasteiger partial charge in [-0.25, -0.2) is 4.39 Å². The van der Waals surface area contributed by atoms with Crippen LogP contribution in [-0.4, -0.2) is 47.8 Å². The molecule has 3 aliphatic rings. The summed E-state index contributed by atoms with van der Waals surface area (Å²) in [6.07, 6.45) is 2.91. The van der Waals surface area contributed by atoms with Crippen LogP contribution in [0.4, 0.5) is 4.39 Å². The fraction of sp³-hybridized carbons (Fsp3) is 0.556. The van der Waals surface area contributed by atoms with Gasteiger partial charge in [-0.15, -0.1) is 0 Å². The summed E-state index contributed by atoms with van der Waals surface area (Å²) < 4.78 is 13.0. The molecule has 4 nitrogen and oxygen atoms in total. The largest absolute Gasteiger partial charge is 0.339 e. The van der Waals surface area contributed by atoms with Crippen LogP contribution < -0.4 is 0 Å². The van der Waals surface area contributed by atoms with Gasteiger partial charge in [0.2, 0.25) is 11.8 Å². The number of hydrogen-bond donors (Lipinski definition) is 0. The number of carbonyl (C=O) groups excluding carboxylic acids is 2. The Balaban J connectivity index is 1.31. The summed E-state index contributed by atoms with van der Waals surface area (Å²) >= 11 is 0. The van der Waals surface area contributed by atoms with Gasteiger partial charge in [0.25, 0.3) is 0 Å². The van der Waals surface area contributed by atoms with Crippen molar-refractivity contribution in [2.75, 3.05) is 26.2 Å². The Morgan fingerprint density at radius 1 is 0.913 bits per heavy atom. The van der Waals surface area contributed by atoms with E-state index in [9.17, 15) is 14.0 Å². The van der Waals surface area contributed by atoms with Gasteiger partial charge in [0.15, 0.2) is 0 Å². The fourth-order valence-corrected chi connectivity index (χ4v) is 3.52. The van der Waals surface area contributed by atoms with Gasteiger partial charge in [-0.05, 0) is 42.9 Å². The van der Waals surface area contributed by atoms with Gasteiger partial charge in [0, 0.05) is 38.0 Å². The summed E-state index contributed by atoms with van der Waals surface area (Å²) in [4.78, 5) is 28.4. The second-order valence-electron chi connectivity index (χ2n) is 6.93. The maximum absolute atomic E-state index is 13.0. The molecule has 3 fully saturated rings. The fourth-order valence-electron chi connectivity index (χ4n) is 3.52. The van der Waals surface area contributed by atoms with Crippen molar-refractivity contribution in [1.82, 2.24) is 9.80 Å². The maximum atomic E-state index is 13.0. The van der Waals surface area contributed by atoms with Crippen LogP contribution in [0.2, 0.25) is 0 Å². The zero-order valence-electron chi connectivity index (χ0n) is 13.1. The molecule has 0 radical (unpaired) electrons. The highest BCUT2D eigenvalue weighted by atomic mass is 19.1. The van der Waals surface area contributed by atoms with E-state index in [1.54, 1.807) is 12.1 Å². The molecule has 2 amide bonds. The van der Waals surface area contributed by atoms with Crippen LogP contribution in [0.3, 0.4) is 0 Å². The van der Waals surface area contributed by atoms with E-state index in [1.165, 1.54) is 12.1 Å². The van der Waals surface area contributed by atoms with Crippen LogP contribution in [-0.2, 0) is 9.59 Å². The van der Waals surface area contributed by atoms with Crippen LogP contribution >= 0.6 is 0 Å². The second kappa shape index (κ2) is 5.62. The average Bonchev–Trinajstić information content (AvgIpc) is 3.47. The summed E-state index contributed by atoms with van der Waals surface area (Å²) in [5.41, 5.74) is 1.05. The molecule has 1 saturated heterocycles. The summed E-state index contributed by atoms with van der Waals surface area (Å²) in [5.74, 6) is 0.739. The zero-order valence-corrected chi connectivity index (χ0v) is 13.1. The molecule has 2 atom stereocenters. The monoisotopic (exact) mass is 316 g/mol. The minimum atomic E-state index is -0.242. The highest BCUT2D eigenvalue weighted by Gasteiger charge is 2.46. The van der Waals surface area contributed by atoms with Crippen molar-refractivity contribution in [2.24, 2.45) is 11.8 Å². The Labute approximate surface area is 135 Å². The SMILES string of the molecule is O=C(C1CC1)N1CCN(C(=O)[C@H]2C[C@H]2c2ccc(F)cc2)CC1. The van der Waals surface area contributed by atoms with Gasteiger partial charge in [-0.1, -0.05) is 12.1 Å². The van der Waals surface area contributed by atoms with E-state index in [0.717, 1.165) is 24.8 Å². The lowest BCUT2D eigenvalue weighted by molar-refractivity contribution is -0.141. The molecule has 0 bridgehead atoms. The lowest BCUT2D eigenvalue weighted by atomic mass is 10.1. The number of rotatable bonds is 3. The molecule has 0 spiro atoms. The van der Waals surface area contributed by atoms with Gasteiger partial charge in [-0.3, -0.25) is 9.59 Å². The van der Waals surface area contributed by atoms with Gasteiger partial charge in [0.05, 0.1) is 0 Å². The third-order valence-electron chi connectivity index (χ3n) is 5.24. The van der Waals surface area contributed by atoms with Crippen molar-refractivity contribution in [3.63, 3.8) is 0 Å². The molecule has 5 heteroatoms. The van der Waals surface area contributed by atoms with Crippen molar-refractivity contribution < 1.29 is 14.0 Å². The highest BCUT2D eigenvalue weighted by Crippen LogP contribution is 2.48. The summed E-state index contributed by atoms with van der Waals surface area (Å²) in [6, 6.07) is 6.47. The minimum absolute atomic E-state index is 0.0335. The van der Waals surface area contributed by atoms with E-state index < -0.39 is 0 Å². The molecular weight excluding hydrogens is 295 g/mol. The van der Waals surface area contributed by atoms with Crippen LogP contribution in [0.15, 0.2) is 24.3 Å². The molecular formula is C18H21FN2O2. The van der Waals surface area contributed by atoms with Crippen LogP contribution in [0.5, 0.6) is 0 Å². The van der Waals surface area contributed by atoms with Crippen molar-refractivity contribution in [1.29, 1.82) is 0 Å². The smallest absolute Gasteiger partial charge is 0.226 e. The molecule has 122 valence electrons. The van der Waals surface area contributed by atoms with E-state index in [0.29, 0.717) is 26.2 Å². The maximum Gasteiger partial charge on any atom is 0.226 e. The minimum Gasteiger partial charge on any atom is -0.339 e. The van der Waals surface area contributed by atoms with E-state index in [-0.39, 0.29) is 35.4 Å². The Morgan fingerprint density at radius 2 is 1.48 bits per heavy atom. The first-order valence-corrected chi connectivity index (χ1v) is 8.46. The van der Waals surface area contributed by atoms with Gasteiger partial charge in [-0.2, -0.15) is 0 Å². The number of halogens is 1. The quantitative estimate of drug-likeness (QED) is 0.856. The first-order chi connectivity index (χ1) is 11.1. The topological polar surface area (TPSA) is 40.6 Å². The van der Waals surface area contributed by atoms with Crippen molar-refractivity contribution in [3.05, 3.63) is 35.6 Å². The van der Waals surface area contributed by atoms with Crippen molar-refractivity contribution in [2.45, 2.75) is 25.2 Å². The Kier molecular flexibility index (Phi) is 3.58. The molecule has 23 heavy (non-hydrogen) atoms. The Bertz CT molecular complexity index is 618. The number of carbonyl (C=O) groups is 2. The third kappa shape index (κ3) is 2.96. The number of benzene rings is 1. The van der Waals surface area contributed by atoms with E-state index in [1.807, 2.05) is 9.80 Å². The normalized spacial score (nSPS) is 27.0. The molecule has 2 aliphatic carbocycles. The lowest BCUT2D eigenvalue weighted by Gasteiger charge is -2.35. The van der Waals surface area contributed by atoms with Crippen molar-refractivity contribution >= 4 is 11.8 Å².